The first kappa shape index (κ1) is 18.8. The summed E-state index contributed by atoms with van der Waals surface area (Å²) in [5, 5.41) is 0. The number of piperidine rings is 1. The van der Waals surface area contributed by atoms with Crippen LogP contribution in [-0.4, -0.2) is 38.0 Å². The monoisotopic (exact) mass is 396 g/mol. The zero-order valence-electron chi connectivity index (χ0n) is 15.7. The minimum absolute atomic E-state index is 0.407. The molecule has 0 saturated carbocycles. The third-order valence-electron chi connectivity index (χ3n) is 5.12. The highest BCUT2D eigenvalue weighted by Crippen LogP contribution is 2.26. The van der Waals surface area contributed by atoms with Crippen molar-refractivity contribution >= 4 is 27.7 Å². The van der Waals surface area contributed by atoms with Crippen molar-refractivity contribution in [3.8, 4) is 11.1 Å². The molecule has 0 radical (unpaired) electrons. The Balaban J connectivity index is 1.59. The summed E-state index contributed by atoms with van der Waals surface area (Å²) in [6, 6.07) is 14.3. The number of anilines is 1. The molecule has 1 N–H and O–H groups in total. The summed E-state index contributed by atoms with van der Waals surface area (Å²) in [4.78, 5) is 11.8. The highest BCUT2D eigenvalue weighted by molar-refractivity contribution is 7.70. The molecule has 0 aliphatic carbocycles. The van der Waals surface area contributed by atoms with Gasteiger partial charge >= 0.3 is 0 Å². The molecule has 0 atom stereocenters. The van der Waals surface area contributed by atoms with Gasteiger partial charge in [-0.05, 0) is 54.5 Å². The number of rotatable bonds is 6. The van der Waals surface area contributed by atoms with Gasteiger partial charge in [-0.3, -0.25) is 4.98 Å². The van der Waals surface area contributed by atoms with Crippen molar-refractivity contribution in [2.45, 2.75) is 25.7 Å². The Hall–Kier alpha value is -2.51. The number of hydrogen-bond acceptors (Lipinski definition) is 5. The van der Waals surface area contributed by atoms with Crippen molar-refractivity contribution in [2.24, 2.45) is 0 Å². The first-order valence-electron chi connectivity index (χ1n) is 9.68. The molecule has 0 unspecified atom stereocenters. The van der Waals surface area contributed by atoms with Gasteiger partial charge in [-0.25, -0.2) is 18.1 Å². The summed E-state index contributed by atoms with van der Waals surface area (Å²) in [5.41, 5.74) is 5.06. The van der Waals surface area contributed by atoms with Gasteiger partial charge in [0.1, 0.15) is 5.82 Å². The van der Waals surface area contributed by atoms with E-state index in [1.54, 1.807) is 0 Å². The second-order valence-corrected chi connectivity index (χ2v) is 7.93. The van der Waals surface area contributed by atoms with Crippen molar-refractivity contribution < 1.29 is 8.42 Å². The SMILES string of the molecule is O=[SH](=O)NCCc1cccc(-c2ccc3ncc(N4CCCCC4)nc3c2)c1. The third kappa shape index (κ3) is 4.48. The maximum Gasteiger partial charge on any atom is 0.201 e. The molecule has 0 amide bonds. The predicted molar refractivity (Wildman–Crippen MR) is 113 cm³/mol. The molecule has 4 rings (SSSR count). The van der Waals surface area contributed by atoms with E-state index in [0.717, 1.165) is 46.6 Å². The zero-order valence-corrected chi connectivity index (χ0v) is 16.6. The lowest BCUT2D eigenvalue weighted by atomic mass is 10.0. The van der Waals surface area contributed by atoms with E-state index in [0.29, 0.717) is 13.0 Å². The lowest BCUT2D eigenvalue weighted by molar-refractivity contribution is 0.573. The van der Waals surface area contributed by atoms with Gasteiger partial charge in [-0.15, -0.1) is 0 Å². The van der Waals surface area contributed by atoms with Crippen LogP contribution in [0.15, 0.2) is 48.7 Å². The summed E-state index contributed by atoms with van der Waals surface area (Å²) >= 11 is 0. The average Bonchev–Trinajstić information content (AvgIpc) is 2.73. The molecular formula is C21H24N4O2S. The first-order chi connectivity index (χ1) is 13.7. The maximum atomic E-state index is 10.7. The van der Waals surface area contributed by atoms with Crippen LogP contribution in [-0.2, 0) is 17.3 Å². The Kier molecular flexibility index (Phi) is 5.83. The zero-order chi connectivity index (χ0) is 19.3. The Morgan fingerprint density at radius 3 is 2.61 bits per heavy atom. The van der Waals surface area contributed by atoms with E-state index in [1.807, 2.05) is 24.4 Å². The number of nitrogens with zero attached hydrogens (tertiary/aromatic N) is 3. The van der Waals surface area contributed by atoms with Gasteiger partial charge in [0.05, 0.1) is 17.2 Å². The molecular weight excluding hydrogens is 372 g/mol. The van der Waals surface area contributed by atoms with Crippen LogP contribution in [0.25, 0.3) is 22.2 Å². The average molecular weight is 397 g/mol. The van der Waals surface area contributed by atoms with Gasteiger partial charge in [0.25, 0.3) is 0 Å². The number of nitrogens with one attached hydrogen (secondary N) is 1. The lowest BCUT2D eigenvalue weighted by Crippen LogP contribution is -2.30. The number of hydrogen-bond donors (Lipinski definition) is 2. The minimum atomic E-state index is -2.55. The van der Waals surface area contributed by atoms with E-state index in [2.05, 4.69) is 38.9 Å². The molecule has 2 aromatic carbocycles. The lowest BCUT2D eigenvalue weighted by Gasteiger charge is -2.27. The Morgan fingerprint density at radius 2 is 1.79 bits per heavy atom. The summed E-state index contributed by atoms with van der Waals surface area (Å²) < 4.78 is 23.8. The maximum absolute atomic E-state index is 10.7. The third-order valence-corrected chi connectivity index (χ3v) is 5.61. The Morgan fingerprint density at radius 1 is 0.964 bits per heavy atom. The molecule has 146 valence electrons. The molecule has 6 nitrogen and oxygen atoms in total. The van der Waals surface area contributed by atoms with Crippen molar-refractivity contribution in [1.82, 2.24) is 14.7 Å². The highest BCUT2D eigenvalue weighted by Gasteiger charge is 2.13. The van der Waals surface area contributed by atoms with Crippen LogP contribution in [0.3, 0.4) is 0 Å². The molecule has 1 saturated heterocycles. The summed E-state index contributed by atoms with van der Waals surface area (Å²) in [5.74, 6) is 0.955. The van der Waals surface area contributed by atoms with Crippen LogP contribution in [0.1, 0.15) is 24.8 Å². The topological polar surface area (TPSA) is 75.2 Å². The quantitative estimate of drug-likeness (QED) is 0.627. The van der Waals surface area contributed by atoms with E-state index >= 15 is 0 Å². The second-order valence-electron chi connectivity index (χ2n) is 7.10. The fraction of sp³-hybridized carbons (Fsp3) is 0.333. The highest BCUT2D eigenvalue weighted by atomic mass is 32.2. The van der Waals surface area contributed by atoms with Gasteiger partial charge in [-0.2, -0.15) is 0 Å². The van der Waals surface area contributed by atoms with E-state index < -0.39 is 10.9 Å². The molecule has 1 fully saturated rings. The predicted octanol–water partition coefficient (Wildman–Crippen LogP) is 2.95. The van der Waals surface area contributed by atoms with Gasteiger partial charge in [0, 0.05) is 19.6 Å². The Labute approximate surface area is 166 Å². The minimum Gasteiger partial charge on any atom is -0.355 e. The number of benzene rings is 2. The summed E-state index contributed by atoms with van der Waals surface area (Å²) in [7, 11) is -2.55. The second kappa shape index (κ2) is 8.67. The van der Waals surface area contributed by atoms with Crippen LogP contribution in [0, 0.1) is 0 Å². The summed E-state index contributed by atoms with van der Waals surface area (Å²) in [6.45, 7) is 2.50. The van der Waals surface area contributed by atoms with E-state index in [1.165, 1.54) is 19.3 Å². The molecule has 3 aromatic rings. The molecule has 1 aliphatic rings. The molecule has 0 bridgehead atoms. The number of thiol groups is 1. The Bertz CT molecular complexity index is 1040. The number of aromatic nitrogens is 2. The van der Waals surface area contributed by atoms with Gasteiger partial charge in [-0.1, -0.05) is 30.3 Å². The molecule has 28 heavy (non-hydrogen) atoms. The van der Waals surface area contributed by atoms with Crippen LogP contribution < -0.4 is 9.62 Å². The summed E-state index contributed by atoms with van der Waals surface area (Å²) in [6.07, 6.45) is 6.24. The van der Waals surface area contributed by atoms with Gasteiger partial charge in [0.15, 0.2) is 0 Å². The van der Waals surface area contributed by atoms with Gasteiger partial charge < -0.3 is 4.90 Å². The standard InChI is InChI=1S/C21H24N4O2S/c26-28(27)23-10-9-16-5-4-6-17(13-16)18-7-8-19-20(14-18)24-21(15-22-19)25-11-2-1-3-12-25/h4-8,13-15,28H,1-3,9-12H2,(H,23,26,27). The smallest absolute Gasteiger partial charge is 0.201 e. The van der Waals surface area contributed by atoms with Crippen molar-refractivity contribution in [1.29, 1.82) is 0 Å². The van der Waals surface area contributed by atoms with Crippen molar-refractivity contribution in [2.75, 3.05) is 24.5 Å². The largest absolute Gasteiger partial charge is 0.355 e. The van der Waals surface area contributed by atoms with E-state index in [-0.39, 0.29) is 0 Å². The van der Waals surface area contributed by atoms with Crippen LogP contribution >= 0.6 is 0 Å². The van der Waals surface area contributed by atoms with Crippen molar-refractivity contribution in [3.05, 3.63) is 54.2 Å². The van der Waals surface area contributed by atoms with E-state index in [4.69, 9.17) is 4.98 Å². The number of fused-ring (bicyclic) bond motifs is 1. The molecule has 2 heterocycles. The van der Waals surface area contributed by atoms with Gasteiger partial charge in [0.2, 0.25) is 10.9 Å². The molecule has 0 spiro atoms. The van der Waals surface area contributed by atoms with Crippen molar-refractivity contribution in [3.63, 3.8) is 0 Å². The van der Waals surface area contributed by atoms with Crippen LogP contribution in [0.4, 0.5) is 5.82 Å². The molecule has 7 heteroatoms. The van der Waals surface area contributed by atoms with Crippen LogP contribution in [0.5, 0.6) is 0 Å². The van der Waals surface area contributed by atoms with E-state index in [9.17, 15) is 8.42 Å². The molecule has 1 aromatic heterocycles. The first-order valence-corrected chi connectivity index (χ1v) is 10.9. The fourth-order valence-electron chi connectivity index (χ4n) is 3.65. The fourth-order valence-corrected chi connectivity index (χ4v) is 3.95. The molecule has 1 aliphatic heterocycles. The van der Waals surface area contributed by atoms with Crippen LogP contribution in [0.2, 0.25) is 0 Å². The normalized spacial score (nSPS) is 14.7.